The summed E-state index contributed by atoms with van der Waals surface area (Å²) in [7, 11) is 3.14. The number of nitrogens with zero attached hydrogens (tertiary/aromatic N) is 1. The van der Waals surface area contributed by atoms with Crippen LogP contribution in [0.2, 0.25) is 0 Å². The number of hydrogen-bond donors (Lipinski definition) is 1. The number of methoxy groups -OCH3 is 2. The highest BCUT2D eigenvalue weighted by atomic mass is 35.5. The van der Waals surface area contributed by atoms with Crippen LogP contribution in [0.15, 0.2) is 54.5 Å². The highest BCUT2D eigenvalue weighted by Gasteiger charge is 2.19. The minimum Gasteiger partial charge on any atom is -0.508 e. The molecular formula is C23H36ClNO4. The zero-order valence-electron chi connectivity index (χ0n) is 18.8. The van der Waals surface area contributed by atoms with Crippen LogP contribution in [-0.2, 0) is 11.3 Å². The van der Waals surface area contributed by atoms with Crippen molar-refractivity contribution in [2.24, 2.45) is 0 Å². The van der Waals surface area contributed by atoms with Crippen molar-refractivity contribution >= 4 is 17.5 Å². The highest BCUT2D eigenvalue weighted by molar-refractivity contribution is 6.27. The van der Waals surface area contributed by atoms with Gasteiger partial charge in [-0.3, -0.25) is 4.79 Å². The number of ether oxygens (including phenoxy) is 2. The zero-order valence-corrected chi connectivity index (χ0v) is 19.5. The predicted octanol–water partition coefficient (Wildman–Crippen LogP) is 6.25. The van der Waals surface area contributed by atoms with Crippen LogP contribution in [0.4, 0.5) is 0 Å². The summed E-state index contributed by atoms with van der Waals surface area (Å²) in [4.78, 5) is 13.9. The second kappa shape index (κ2) is 17.7. The van der Waals surface area contributed by atoms with Crippen molar-refractivity contribution in [2.45, 2.75) is 47.6 Å². The minimum absolute atomic E-state index is 0.0552. The predicted molar refractivity (Wildman–Crippen MR) is 123 cm³/mol. The normalized spacial score (nSPS) is 10.6. The lowest BCUT2D eigenvalue weighted by molar-refractivity contribution is -0.127. The standard InChI is InChI=1S/C19H24ClNO4.2C2H6/c1-5-15(8-9-16(22)6-2)21(19(23)12-20)13-14-7-10-17(24-3)11-18(14)25-4;2*1-2/h5-7,9-11,22H,2,8,12-13H2,1,3-4H3;2*1-2H3/b15-5+,16-9+;;. The monoisotopic (exact) mass is 425 g/mol. The Morgan fingerprint density at radius 3 is 2.28 bits per heavy atom. The van der Waals surface area contributed by atoms with Gasteiger partial charge < -0.3 is 19.5 Å². The first kappa shape index (κ1) is 28.8. The number of amides is 1. The Kier molecular flexibility index (Phi) is 17.6. The largest absolute Gasteiger partial charge is 0.508 e. The van der Waals surface area contributed by atoms with Crippen LogP contribution in [0.1, 0.15) is 46.6 Å². The van der Waals surface area contributed by atoms with Crippen molar-refractivity contribution in [1.82, 2.24) is 4.90 Å². The molecule has 0 aromatic heterocycles. The summed E-state index contributed by atoms with van der Waals surface area (Å²) in [6.45, 7) is 13.6. The molecule has 0 heterocycles. The summed E-state index contributed by atoms with van der Waals surface area (Å²) < 4.78 is 10.6. The number of carbonyl (C=O) groups is 1. The van der Waals surface area contributed by atoms with E-state index < -0.39 is 0 Å². The van der Waals surface area contributed by atoms with Crippen molar-refractivity contribution in [3.63, 3.8) is 0 Å². The Hall–Kier alpha value is -2.40. The molecule has 0 aliphatic heterocycles. The van der Waals surface area contributed by atoms with Gasteiger partial charge in [-0.15, -0.1) is 11.6 Å². The van der Waals surface area contributed by atoms with E-state index in [1.807, 2.05) is 46.8 Å². The molecular weight excluding hydrogens is 390 g/mol. The van der Waals surface area contributed by atoms with E-state index in [0.29, 0.717) is 24.5 Å². The lowest BCUT2D eigenvalue weighted by atomic mass is 10.1. The van der Waals surface area contributed by atoms with Crippen molar-refractivity contribution in [3.8, 4) is 11.5 Å². The smallest absolute Gasteiger partial charge is 0.241 e. The zero-order chi connectivity index (χ0) is 22.8. The van der Waals surface area contributed by atoms with Crippen molar-refractivity contribution in [2.75, 3.05) is 20.1 Å². The number of aliphatic hydroxyl groups is 1. The molecule has 5 nitrogen and oxygen atoms in total. The molecule has 1 N–H and O–H groups in total. The van der Waals surface area contributed by atoms with E-state index >= 15 is 0 Å². The molecule has 0 fully saturated rings. The summed E-state index contributed by atoms with van der Waals surface area (Å²) in [5.74, 6) is 0.957. The molecule has 1 rings (SSSR count). The van der Waals surface area contributed by atoms with E-state index in [9.17, 15) is 9.90 Å². The summed E-state index contributed by atoms with van der Waals surface area (Å²) >= 11 is 5.77. The third-order valence-corrected chi connectivity index (χ3v) is 3.88. The lowest BCUT2D eigenvalue weighted by Gasteiger charge is -2.25. The van der Waals surface area contributed by atoms with Crippen LogP contribution >= 0.6 is 11.6 Å². The third-order valence-electron chi connectivity index (χ3n) is 3.65. The molecule has 29 heavy (non-hydrogen) atoms. The van der Waals surface area contributed by atoms with Gasteiger partial charge in [-0.05, 0) is 31.2 Å². The Morgan fingerprint density at radius 1 is 1.21 bits per heavy atom. The molecule has 164 valence electrons. The molecule has 0 unspecified atom stereocenters. The van der Waals surface area contributed by atoms with E-state index in [4.69, 9.17) is 21.1 Å². The summed E-state index contributed by atoms with van der Waals surface area (Å²) in [5.41, 5.74) is 1.54. The van der Waals surface area contributed by atoms with Gasteiger partial charge in [-0.1, -0.05) is 40.3 Å². The molecule has 0 radical (unpaired) electrons. The Bertz CT molecular complexity index is 669. The van der Waals surface area contributed by atoms with E-state index in [1.54, 1.807) is 37.3 Å². The van der Waals surface area contributed by atoms with E-state index in [-0.39, 0.29) is 17.5 Å². The number of allylic oxidation sites excluding steroid dienone is 3. The fourth-order valence-electron chi connectivity index (χ4n) is 2.25. The van der Waals surface area contributed by atoms with Crippen molar-refractivity contribution in [3.05, 3.63) is 60.0 Å². The van der Waals surface area contributed by atoms with E-state index in [0.717, 1.165) is 11.3 Å². The molecule has 1 aromatic rings. The molecule has 0 saturated carbocycles. The topological polar surface area (TPSA) is 59.0 Å². The molecule has 0 bridgehead atoms. The fraction of sp³-hybridized carbons (Fsp3) is 0.435. The molecule has 0 aliphatic carbocycles. The third kappa shape index (κ3) is 10.1. The van der Waals surface area contributed by atoms with Gasteiger partial charge in [-0.25, -0.2) is 0 Å². The maximum Gasteiger partial charge on any atom is 0.241 e. The lowest BCUT2D eigenvalue weighted by Crippen LogP contribution is -2.31. The fourth-order valence-corrected chi connectivity index (χ4v) is 2.40. The highest BCUT2D eigenvalue weighted by Crippen LogP contribution is 2.27. The van der Waals surface area contributed by atoms with Gasteiger partial charge in [-0.2, -0.15) is 0 Å². The maximum atomic E-state index is 12.3. The Balaban J connectivity index is 0. The van der Waals surface area contributed by atoms with Crippen molar-refractivity contribution in [1.29, 1.82) is 0 Å². The maximum absolute atomic E-state index is 12.3. The van der Waals surface area contributed by atoms with Gasteiger partial charge >= 0.3 is 0 Å². The quantitative estimate of drug-likeness (QED) is 0.288. The molecule has 1 aromatic carbocycles. The van der Waals surface area contributed by atoms with Crippen molar-refractivity contribution < 1.29 is 19.4 Å². The number of halogens is 1. The number of benzene rings is 1. The summed E-state index contributed by atoms with van der Waals surface area (Å²) in [5, 5.41) is 9.56. The van der Waals surface area contributed by atoms with Crippen LogP contribution in [0.25, 0.3) is 0 Å². The van der Waals surface area contributed by atoms with Gasteiger partial charge in [0.2, 0.25) is 5.91 Å². The Labute approximate surface area is 181 Å². The number of hydrogen-bond acceptors (Lipinski definition) is 4. The van der Waals surface area contributed by atoms with Gasteiger partial charge in [0.25, 0.3) is 0 Å². The van der Waals surface area contributed by atoms with Gasteiger partial charge in [0.1, 0.15) is 23.1 Å². The SMILES string of the molecule is C=C/C(O)=C\C/C(=C\C)N(Cc1ccc(OC)cc1OC)C(=O)CCl.CC.CC. The molecule has 0 saturated heterocycles. The Morgan fingerprint density at radius 2 is 1.83 bits per heavy atom. The summed E-state index contributed by atoms with van der Waals surface area (Å²) in [6.07, 6.45) is 5.11. The average molecular weight is 426 g/mol. The number of alkyl halides is 1. The molecule has 0 atom stereocenters. The van der Waals surface area contributed by atoms with E-state index in [2.05, 4.69) is 6.58 Å². The molecule has 0 aliphatic rings. The van der Waals surface area contributed by atoms with Crippen LogP contribution in [0, 0.1) is 0 Å². The minimum atomic E-state index is -0.237. The second-order valence-corrected chi connectivity index (χ2v) is 5.38. The number of aliphatic hydroxyl groups excluding tert-OH is 1. The van der Waals surface area contributed by atoms with Gasteiger partial charge in [0, 0.05) is 23.7 Å². The second-order valence-electron chi connectivity index (χ2n) is 5.11. The van der Waals surface area contributed by atoms with Crippen LogP contribution < -0.4 is 9.47 Å². The molecule has 0 spiro atoms. The number of carbonyl (C=O) groups excluding carboxylic acids is 1. The first-order chi connectivity index (χ1) is 14.0. The van der Waals surface area contributed by atoms with Gasteiger partial charge in [0.05, 0.1) is 20.8 Å². The molecule has 1 amide bonds. The summed E-state index contributed by atoms with van der Waals surface area (Å²) in [6, 6.07) is 5.41. The van der Waals surface area contributed by atoms with Crippen LogP contribution in [0.3, 0.4) is 0 Å². The van der Waals surface area contributed by atoms with Crippen LogP contribution in [-0.4, -0.2) is 36.0 Å². The first-order valence-corrected chi connectivity index (χ1v) is 10.3. The number of rotatable bonds is 9. The average Bonchev–Trinajstić information content (AvgIpc) is 2.80. The first-order valence-electron chi connectivity index (χ1n) is 9.74. The van der Waals surface area contributed by atoms with Crippen LogP contribution in [0.5, 0.6) is 11.5 Å². The molecule has 6 heteroatoms. The van der Waals surface area contributed by atoms with Gasteiger partial charge in [0.15, 0.2) is 0 Å². The van der Waals surface area contributed by atoms with E-state index in [1.165, 1.54) is 6.08 Å².